The Morgan fingerprint density at radius 1 is 0.429 bits per heavy atom. The van der Waals surface area contributed by atoms with E-state index in [0.29, 0.717) is 58.0 Å². The summed E-state index contributed by atoms with van der Waals surface area (Å²) in [5.41, 5.74) is 2.98. The molecule has 2 atom stereocenters. The molecule has 6 heteroatoms. The summed E-state index contributed by atoms with van der Waals surface area (Å²) < 4.78 is 0. The van der Waals surface area contributed by atoms with E-state index in [9.17, 15) is 19.2 Å². The van der Waals surface area contributed by atoms with Gasteiger partial charge in [0.15, 0.2) is 0 Å². The van der Waals surface area contributed by atoms with Crippen LogP contribution in [0.15, 0.2) is 48.5 Å². The van der Waals surface area contributed by atoms with Crippen molar-refractivity contribution in [2.75, 3.05) is 13.1 Å². The number of benzene rings is 5. The van der Waals surface area contributed by atoms with Crippen molar-refractivity contribution in [1.82, 2.24) is 9.80 Å². The number of fused-ring (bicyclic) bond motifs is 2. The fourth-order valence-corrected chi connectivity index (χ4v) is 11.6. The maximum Gasteiger partial charge on any atom is 0.261 e. The SMILES string of the molecule is CC(CCN1C(=O)c2ccc3c4ccc5c6c(ccc(c7ccc(c2c37)C1=O)c64)C(=O)N(CCC(C)CC(C)(C)CC(C)(C)C)C5=O)CC(C)(C)CC(C)(C)C. The maximum atomic E-state index is 14.1. The van der Waals surface area contributed by atoms with Crippen molar-refractivity contribution in [3.63, 3.8) is 0 Å². The molecule has 2 heterocycles. The smallest absolute Gasteiger partial charge is 0.261 e. The quantitative estimate of drug-likeness (QED) is 0.0722. The lowest BCUT2D eigenvalue weighted by Crippen LogP contribution is -2.41. The van der Waals surface area contributed by atoms with E-state index in [1.807, 2.05) is 48.5 Å². The third-order valence-electron chi connectivity index (χ3n) is 12.3. The summed E-state index contributed by atoms with van der Waals surface area (Å²) in [4.78, 5) is 59.5. The van der Waals surface area contributed by atoms with E-state index in [-0.39, 0.29) is 45.3 Å². The molecule has 2 aliphatic heterocycles. The Morgan fingerprint density at radius 2 is 0.696 bits per heavy atom. The zero-order chi connectivity index (χ0) is 40.9. The first-order chi connectivity index (χ1) is 26.0. The van der Waals surface area contributed by atoms with Crippen molar-refractivity contribution in [1.29, 1.82) is 0 Å². The Morgan fingerprint density at radius 3 is 0.946 bits per heavy atom. The van der Waals surface area contributed by atoms with Crippen LogP contribution in [-0.2, 0) is 0 Å². The largest absolute Gasteiger partial charge is 0.274 e. The molecular formula is C50H62N2O4. The summed E-state index contributed by atoms with van der Waals surface area (Å²) in [5.74, 6) is -0.265. The van der Waals surface area contributed by atoms with Gasteiger partial charge in [-0.25, -0.2) is 0 Å². The van der Waals surface area contributed by atoms with E-state index in [1.165, 1.54) is 9.80 Å². The molecule has 0 bridgehead atoms. The number of hydrogen-bond donors (Lipinski definition) is 0. The maximum absolute atomic E-state index is 14.1. The molecule has 2 unspecified atom stereocenters. The molecule has 0 fully saturated rings. The second-order valence-electron chi connectivity index (χ2n) is 21.7. The molecule has 6 nitrogen and oxygen atoms in total. The number of carbonyl (C=O) groups excluding carboxylic acids is 4. The van der Waals surface area contributed by atoms with Crippen LogP contribution in [0.5, 0.6) is 0 Å². The van der Waals surface area contributed by atoms with Gasteiger partial charge in [-0.2, -0.15) is 0 Å². The van der Waals surface area contributed by atoms with E-state index in [1.54, 1.807) is 0 Å². The lowest BCUT2D eigenvalue weighted by Gasteiger charge is -2.35. The lowest BCUT2D eigenvalue weighted by molar-refractivity contribution is 0.0581. The first-order valence-corrected chi connectivity index (χ1v) is 20.9. The lowest BCUT2D eigenvalue weighted by atomic mass is 9.71. The van der Waals surface area contributed by atoms with Gasteiger partial charge in [-0.1, -0.05) is 107 Å². The second kappa shape index (κ2) is 13.7. The monoisotopic (exact) mass is 754 g/mol. The molecule has 4 amide bonds. The number of carbonyl (C=O) groups is 4. The Kier molecular flexibility index (Phi) is 9.73. The summed E-state index contributed by atoms with van der Waals surface area (Å²) in [7, 11) is 0. The van der Waals surface area contributed by atoms with Crippen LogP contribution in [0.1, 0.15) is 163 Å². The van der Waals surface area contributed by atoms with Crippen LogP contribution in [-0.4, -0.2) is 46.5 Å². The van der Waals surface area contributed by atoms with Crippen molar-refractivity contribution >= 4 is 66.7 Å². The number of rotatable bonds is 12. The zero-order valence-electron chi connectivity index (χ0n) is 36.0. The Balaban J connectivity index is 1.19. The Hall–Kier alpha value is -4.32. The molecule has 0 spiro atoms. The molecule has 2 aliphatic rings. The molecule has 7 rings (SSSR count). The highest BCUT2D eigenvalue weighted by atomic mass is 16.2. The van der Waals surface area contributed by atoms with Gasteiger partial charge in [0.1, 0.15) is 0 Å². The number of amides is 4. The molecule has 56 heavy (non-hydrogen) atoms. The predicted octanol–water partition coefficient (Wildman–Crippen LogP) is 12.7. The topological polar surface area (TPSA) is 74.8 Å². The summed E-state index contributed by atoms with van der Waals surface area (Å²) >= 11 is 0. The molecule has 0 aliphatic carbocycles. The van der Waals surface area contributed by atoms with Crippen molar-refractivity contribution in [3.05, 3.63) is 70.8 Å². The average Bonchev–Trinajstić information content (AvgIpc) is 3.06. The normalized spacial score (nSPS) is 16.7. The van der Waals surface area contributed by atoms with E-state index in [2.05, 4.69) is 83.1 Å². The third kappa shape index (κ3) is 7.22. The summed E-state index contributed by atoms with van der Waals surface area (Å²) in [6.07, 6.45) is 5.77. The first-order valence-electron chi connectivity index (χ1n) is 20.9. The van der Waals surface area contributed by atoms with Gasteiger partial charge in [0, 0.05) is 46.1 Å². The van der Waals surface area contributed by atoms with Crippen molar-refractivity contribution < 1.29 is 19.2 Å². The van der Waals surface area contributed by atoms with Crippen LogP contribution in [0.4, 0.5) is 0 Å². The van der Waals surface area contributed by atoms with Crippen LogP contribution in [0, 0.1) is 33.5 Å². The number of imide groups is 2. The van der Waals surface area contributed by atoms with Gasteiger partial charge in [-0.3, -0.25) is 29.0 Å². The van der Waals surface area contributed by atoms with Crippen LogP contribution in [0.25, 0.3) is 43.1 Å². The first kappa shape index (κ1) is 39.9. The fourth-order valence-electron chi connectivity index (χ4n) is 11.6. The van der Waals surface area contributed by atoms with Crippen molar-refractivity contribution in [2.45, 2.75) is 122 Å². The average molecular weight is 755 g/mol. The van der Waals surface area contributed by atoms with Gasteiger partial charge in [-0.05, 0) is 129 Å². The van der Waals surface area contributed by atoms with Crippen molar-refractivity contribution in [3.8, 4) is 0 Å². The molecule has 0 saturated heterocycles. The highest BCUT2D eigenvalue weighted by Crippen LogP contribution is 2.47. The van der Waals surface area contributed by atoms with E-state index in [0.717, 1.165) is 70.8 Å². The third-order valence-corrected chi connectivity index (χ3v) is 12.3. The van der Waals surface area contributed by atoms with Gasteiger partial charge in [0.2, 0.25) is 0 Å². The van der Waals surface area contributed by atoms with Crippen LogP contribution in [0.3, 0.4) is 0 Å². The molecule has 0 saturated carbocycles. The number of hydrogen-bond acceptors (Lipinski definition) is 4. The van der Waals surface area contributed by atoms with Crippen LogP contribution >= 0.6 is 0 Å². The van der Waals surface area contributed by atoms with Gasteiger partial charge in [-0.15, -0.1) is 0 Å². The fraction of sp³-hybridized carbons (Fsp3) is 0.520. The standard InChI is InChI=1S/C50H62N2O4/c1-29(25-49(9,10)27-47(3,4)5)21-23-51-43(53)35-17-13-31-33-15-19-37-42-38(20-16-34(40(33)42)32-14-18-36(44(51)54)41(35)39(31)32)46(56)52(45(37)55)24-22-30(2)26-50(11,12)28-48(6,7)8/h13-20,29-30H,21-28H2,1-12H3. The minimum Gasteiger partial charge on any atom is -0.274 e. The van der Waals surface area contributed by atoms with Gasteiger partial charge < -0.3 is 0 Å². The van der Waals surface area contributed by atoms with Gasteiger partial charge in [0.25, 0.3) is 23.6 Å². The molecule has 0 radical (unpaired) electrons. The second-order valence-corrected chi connectivity index (χ2v) is 21.7. The highest BCUT2D eigenvalue weighted by molar-refractivity contribution is 6.41. The number of nitrogens with zero attached hydrogens (tertiary/aromatic N) is 2. The molecule has 5 aromatic rings. The van der Waals surface area contributed by atoms with E-state index >= 15 is 0 Å². The van der Waals surface area contributed by atoms with Crippen LogP contribution in [0.2, 0.25) is 0 Å². The van der Waals surface area contributed by atoms with E-state index in [4.69, 9.17) is 0 Å². The molecule has 5 aromatic carbocycles. The Bertz CT molecular complexity index is 2130. The molecule has 0 aromatic heterocycles. The van der Waals surface area contributed by atoms with Gasteiger partial charge in [0.05, 0.1) is 0 Å². The van der Waals surface area contributed by atoms with E-state index < -0.39 is 0 Å². The summed E-state index contributed by atoms with van der Waals surface area (Å²) in [5, 5.41) is 6.80. The minimum atomic E-state index is -0.244. The van der Waals surface area contributed by atoms with Crippen molar-refractivity contribution in [2.24, 2.45) is 33.5 Å². The van der Waals surface area contributed by atoms with Gasteiger partial charge >= 0.3 is 0 Å². The summed E-state index contributed by atoms with van der Waals surface area (Å²) in [6.45, 7) is 28.1. The zero-order valence-corrected chi connectivity index (χ0v) is 36.0. The Labute approximate surface area is 333 Å². The molecular weight excluding hydrogens is 693 g/mol. The molecule has 0 N–H and O–H groups in total. The highest BCUT2D eigenvalue weighted by Gasteiger charge is 2.38. The minimum absolute atomic E-state index is 0.160. The van der Waals surface area contributed by atoms with Crippen LogP contribution < -0.4 is 0 Å². The predicted molar refractivity (Wildman–Crippen MR) is 231 cm³/mol. The molecule has 296 valence electrons. The summed E-state index contributed by atoms with van der Waals surface area (Å²) in [6, 6.07) is 15.4.